The average Bonchev–Trinajstić information content (AvgIpc) is 3.56. The SMILES string of the molecule is O=C(NC1CC1)C(=O)N1CCN(C(=O)C2CC2c2ccccc2F)CC1. The van der Waals surface area contributed by atoms with Crippen LogP contribution >= 0.6 is 0 Å². The van der Waals surface area contributed by atoms with Crippen molar-refractivity contribution < 1.29 is 18.8 Å². The Morgan fingerprint density at radius 1 is 1.00 bits per heavy atom. The van der Waals surface area contributed by atoms with Gasteiger partial charge in [0.15, 0.2) is 0 Å². The number of hydrogen-bond acceptors (Lipinski definition) is 3. The van der Waals surface area contributed by atoms with Crippen LogP contribution in [0.5, 0.6) is 0 Å². The fraction of sp³-hybridized carbons (Fsp3) is 0.526. The fourth-order valence-electron chi connectivity index (χ4n) is 3.57. The molecule has 1 heterocycles. The summed E-state index contributed by atoms with van der Waals surface area (Å²) >= 11 is 0. The van der Waals surface area contributed by atoms with E-state index in [9.17, 15) is 18.8 Å². The molecule has 7 heteroatoms. The van der Waals surface area contributed by atoms with Gasteiger partial charge in [0, 0.05) is 38.1 Å². The van der Waals surface area contributed by atoms with E-state index in [4.69, 9.17) is 0 Å². The van der Waals surface area contributed by atoms with Crippen LogP contribution in [0.1, 0.15) is 30.7 Å². The summed E-state index contributed by atoms with van der Waals surface area (Å²) in [7, 11) is 0. The Kier molecular flexibility index (Phi) is 4.38. The number of nitrogens with zero attached hydrogens (tertiary/aromatic N) is 2. The lowest BCUT2D eigenvalue weighted by Gasteiger charge is -2.34. The van der Waals surface area contributed by atoms with Crippen molar-refractivity contribution in [2.24, 2.45) is 5.92 Å². The predicted octanol–water partition coefficient (Wildman–Crippen LogP) is 0.879. The zero-order chi connectivity index (χ0) is 18.3. The molecule has 1 aromatic rings. The van der Waals surface area contributed by atoms with Crippen LogP contribution in [0.25, 0.3) is 0 Å². The number of carbonyl (C=O) groups is 3. The lowest BCUT2D eigenvalue weighted by Crippen LogP contribution is -2.54. The van der Waals surface area contributed by atoms with Crippen molar-refractivity contribution in [2.45, 2.75) is 31.2 Å². The molecule has 1 aliphatic heterocycles. The molecule has 1 N–H and O–H groups in total. The maximum absolute atomic E-state index is 13.9. The van der Waals surface area contributed by atoms with Crippen molar-refractivity contribution in [3.63, 3.8) is 0 Å². The summed E-state index contributed by atoms with van der Waals surface area (Å²) in [6.07, 6.45) is 2.54. The molecular formula is C19H22FN3O3. The number of nitrogens with one attached hydrogen (secondary N) is 1. The molecule has 138 valence electrons. The fourth-order valence-corrected chi connectivity index (χ4v) is 3.57. The van der Waals surface area contributed by atoms with Gasteiger partial charge in [-0.1, -0.05) is 18.2 Å². The summed E-state index contributed by atoms with van der Waals surface area (Å²) in [5, 5.41) is 2.70. The number of halogens is 1. The van der Waals surface area contributed by atoms with Gasteiger partial charge in [0.05, 0.1) is 0 Å². The summed E-state index contributed by atoms with van der Waals surface area (Å²) in [5.74, 6) is -1.52. The molecule has 0 radical (unpaired) electrons. The maximum atomic E-state index is 13.9. The smallest absolute Gasteiger partial charge is 0.312 e. The molecule has 2 atom stereocenters. The second kappa shape index (κ2) is 6.70. The van der Waals surface area contributed by atoms with Crippen LogP contribution in [0, 0.1) is 11.7 Å². The highest BCUT2D eigenvalue weighted by molar-refractivity contribution is 6.35. The number of amides is 3. The zero-order valence-corrected chi connectivity index (χ0v) is 14.5. The monoisotopic (exact) mass is 359 g/mol. The lowest BCUT2D eigenvalue weighted by molar-refractivity contribution is -0.148. The Labute approximate surface area is 151 Å². The average molecular weight is 359 g/mol. The third-order valence-corrected chi connectivity index (χ3v) is 5.40. The Morgan fingerprint density at radius 3 is 2.31 bits per heavy atom. The number of benzene rings is 1. The normalized spacial score (nSPS) is 25.0. The van der Waals surface area contributed by atoms with Crippen molar-refractivity contribution in [1.82, 2.24) is 15.1 Å². The molecule has 26 heavy (non-hydrogen) atoms. The predicted molar refractivity (Wildman–Crippen MR) is 91.6 cm³/mol. The van der Waals surface area contributed by atoms with Crippen molar-refractivity contribution in [1.29, 1.82) is 0 Å². The van der Waals surface area contributed by atoms with E-state index in [1.54, 1.807) is 23.1 Å². The van der Waals surface area contributed by atoms with Crippen LogP contribution in [-0.2, 0) is 14.4 Å². The first-order chi connectivity index (χ1) is 12.5. The summed E-state index contributed by atoms with van der Waals surface area (Å²) in [4.78, 5) is 39.8. The van der Waals surface area contributed by atoms with E-state index in [1.807, 2.05) is 0 Å². The highest BCUT2D eigenvalue weighted by Crippen LogP contribution is 2.49. The van der Waals surface area contributed by atoms with Crippen LogP contribution in [0.4, 0.5) is 4.39 Å². The third kappa shape index (κ3) is 3.43. The van der Waals surface area contributed by atoms with Gasteiger partial charge in [-0.05, 0) is 36.8 Å². The first-order valence-corrected chi connectivity index (χ1v) is 9.17. The zero-order valence-electron chi connectivity index (χ0n) is 14.5. The first kappa shape index (κ1) is 17.0. The largest absolute Gasteiger partial charge is 0.345 e. The number of hydrogen-bond donors (Lipinski definition) is 1. The number of piperazine rings is 1. The number of rotatable bonds is 3. The van der Waals surface area contributed by atoms with Gasteiger partial charge in [0.1, 0.15) is 5.82 Å². The van der Waals surface area contributed by atoms with Crippen molar-refractivity contribution in [3.05, 3.63) is 35.6 Å². The molecule has 1 saturated heterocycles. The van der Waals surface area contributed by atoms with Crippen LogP contribution < -0.4 is 5.32 Å². The van der Waals surface area contributed by atoms with E-state index in [-0.39, 0.29) is 29.6 Å². The van der Waals surface area contributed by atoms with Crippen LogP contribution in [-0.4, -0.2) is 59.7 Å². The van der Waals surface area contributed by atoms with E-state index >= 15 is 0 Å². The van der Waals surface area contributed by atoms with Gasteiger partial charge in [-0.25, -0.2) is 4.39 Å². The summed E-state index contributed by atoms with van der Waals surface area (Å²) < 4.78 is 13.9. The molecule has 3 aliphatic rings. The molecule has 0 spiro atoms. The van der Waals surface area contributed by atoms with E-state index in [0.29, 0.717) is 38.2 Å². The highest BCUT2D eigenvalue weighted by Gasteiger charge is 2.47. The molecule has 3 amide bonds. The van der Waals surface area contributed by atoms with Gasteiger partial charge in [0.2, 0.25) is 5.91 Å². The molecule has 6 nitrogen and oxygen atoms in total. The minimum Gasteiger partial charge on any atom is -0.345 e. The van der Waals surface area contributed by atoms with Crippen molar-refractivity contribution in [3.8, 4) is 0 Å². The topological polar surface area (TPSA) is 69.7 Å². The van der Waals surface area contributed by atoms with Crippen LogP contribution in [0.15, 0.2) is 24.3 Å². The van der Waals surface area contributed by atoms with Gasteiger partial charge in [-0.15, -0.1) is 0 Å². The molecule has 0 aromatic heterocycles. The van der Waals surface area contributed by atoms with Crippen molar-refractivity contribution >= 4 is 17.7 Å². The van der Waals surface area contributed by atoms with Gasteiger partial charge in [-0.2, -0.15) is 0 Å². The molecule has 3 fully saturated rings. The van der Waals surface area contributed by atoms with Crippen molar-refractivity contribution in [2.75, 3.05) is 26.2 Å². The summed E-state index contributed by atoms with van der Waals surface area (Å²) in [5.41, 5.74) is 0.608. The summed E-state index contributed by atoms with van der Waals surface area (Å²) in [6.45, 7) is 1.56. The Morgan fingerprint density at radius 2 is 1.65 bits per heavy atom. The third-order valence-electron chi connectivity index (χ3n) is 5.40. The molecule has 2 aliphatic carbocycles. The second-order valence-corrected chi connectivity index (χ2v) is 7.34. The quantitative estimate of drug-likeness (QED) is 0.815. The maximum Gasteiger partial charge on any atom is 0.312 e. The van der Waals surface area contributed by atoms with E-state index in [2.05, 4.69) is 5.32 Å². The molecule has 0 bridgehead atoms. The molecular weight excluding hydrogens is 337 g/mol. The lowest BCUT2D eigenvalue weighted by atomic mass is 10.1. The van der Waals surface area contributed by atoms with E-state index in [0.717, 1.165) is 12.8 Å². The molecule has 4 rings (SSSR count). The van der Waals surface area contributed by atoms with Gasteiger partial charge >= 0.3 is 11.8 Å². The second-order valence-electron chi connectivity index (χ2n) is 7.34. The molecule has 1 aromatic carbocycles. The van der Waals surface area contributed by atoms with Gasteiger partial charge < -0.3 is 15.1 Å². The number of carbonyl (C=O) groups excluding carboxylic acids is 3. The first-order valence-electron chi connectivity index (χ1n) is 9.17. The minimum absolute atomic E-state index is 0.0211. The summed E-state index contributed by atoms with van der Waals surface area (Å²) in [6, 6.07) is 6.75. The van der Waals surface area contributed by atoms with Gasteiger partial charge in [-0.3, -0.25) is 14.4 Å². The molecule has 2 unspecified atom stereocenters. The van der Waals surface area contributed by atoms with Crippen LogP contribution in [0.2, 0.25) is 0 Å². The standard InChI is InChI=1S/C19H22FN3O3/c20-16-4-2-1-3-13(16)14-11-15(14)18(25)22-7-9-23(10-8-22)19(26)17(24)21-12-5-6-12/h1-4,12,14-15H,5-11H2,(H,21,24). The van der Waals surface area contributed by atoms with E-state index in [1.165, 1.54) is 11.0 Å². The Bertz CT molecular complexity index is 741. The van der Waals surface area contributed by atoms with Gasteiger partial charge in [0.25, 0.3) is 0 Å². The Balaban J connectivity index is 1.28. The van der Waals surface area contributed by atoms with E-state index < -0.39 is 11.8 Å². The Hall–Kier alpha value is -2.44. The molecule has 2 saturated carbocycles. The highest BCUT2D eigenvalue weighted by atomic mass is 19.1. The minimum atomic E-state index is -0.547. The van der Waals surface area contributed by atoms with Crippen LogP contribution in [0.3, 0.4) is 0 Å².